The molecule has 104 valence electrons. The van der Waals surface area contributed by atoms with Crippen molar-refractivity contribution in [1.82, 2.24) is 15.0 Å². The molecule has 2 unspecified atom stereocenters. The molecule has 0 spiro atoms. The van der Waals surface area contributed by atoms with Gasteiger partial charge in [0, 0.05) is 0 Å². The van der Waals surface area contributed by atoms with E-state index < -0.39 is 0 Å². The highest BCUT2D eigenvalue weighted by atomic mass is 35.5. The third-order valence-electron chi connectivity index (χ3n) is 3.96. The van der Waals surface area contributed by atoms with Gasteiger partial charge in [0.05, 0.1) is 30.7 Å². The maximum Gasteiger partial charge on any atom is 0.226 e. The smallest absolute Gasteiger partial charge is 0.226 e. The van der Waals surface area contributed by atoms with Crippen LogP contribution in [0.3, 0.4) is 0 Å². The van der Waals surface area contributed by atoms with Gasteiger partial charge in [-0.25, -0.2) is 4.98 Å². The van der Waals surface area contributed by atoms with Crippen LogP contribution in [0.25, 0.3) is 11.0 Å². The summed E-state index contributed by atoms with van der Waals surface area (Å²) in [6.07, 6.45) is 2.24. The molecule has 0 radical (unpaired) electrons. The predicted octanol–water partition coefficient (Wildman–Crippen LogP) is 2.70. The number of fused-ring (bicyclic) bond motifs is 3. The standard InChI is InChI=1S/C13H12Cl2N4O/c14-10-4-3-9-11(16-10)17-13(15)18-12(9)19-7-1-2-8(19)6-20-5-7/h3-4,7-8H,1-2,5-6H2. The molecule has 2 saturated heterocycles. The number of pyridine rings is 1. The van der Waals surface area contributed by atoms with Gasteiger partial charge in [0.25, 0.3) is 0 Å². The van der Waals surface area contributed by atoms with E-state index in [1.807, 2.05) is 6.07 Å². The minimum Gasteiger partial charge on any atom is -0.377 e. The van der Waals surface area contributed by atoms with Gasteiger partial charge in [-0.05, 0) is 36.6 Å². The third kappa shape index (κ3) is 1.92. The fourth-order valence-electron chi connectivity index (χ4n) is 3.12. The molecule has 0 aliphatic carbocycles. The summed E-state index contributed by atoms with van der Waals surface area (Å²) in [5.41, 5.74) is 0.540. The van der Waals surface area contributed by atoms with Crippen molar-refractivity contribution in [2.24, 2.45) is 0 Å². The molecule has 0 aromatic carbocycles. The number of ether oxygens (including phenoxy) is 1. The molecule has 4 rings (SSSR count). The van der Waals surface area contributed by atoms with Gasteiger partial charge in [0.15, 0.2) is 5.65 Å². The van der Waals surface area contributed by atoms with Crippen molar-refractivity contribution in [2.45, 2.75) is 24.9 Å². The molecule has 2 aliphatic heterocycles. The number of hydrogen-bond donors (Lipinski definition) is 0. The molecule has 0 N–H and O–H groups in total. The Kier molecular flexibility index (Phi) is 2.94. The van der Waals surface area contributed by atoms with E-state index in [9.17, 15) is 0 Å². The number of aromatic nitrogens is 3. The number of halogens is 2. The van der Waals surface area contributed by atoms with Gasteiger partial charge in [0.2, 0.25) is 5.28 Å². The molecule has 5 nitrogen and oxygen atoms in total. The quantitative estimate of drug-likeness (QED) is 0.599. The van der Waals surface area contributed by atoms with Crippen LogP contribution in [0.15, 0.2) is 12.1 Å². The SMILES string of the molecule is Clc1ccc2c(N3C4CCC3COC4)nc(Cl)nc2n1. The van der Waals surface area contributed by atoms with Crippen LogP contribution in [0.1, 0.15) is 12.8 Å². The summed E-state index contributed by atoms with van der Waals surface area (Å²) in [6.45, 7) is 1.47. The zero-order chi connectivity index (χ0) is 13.7. The summed E-state index contributed by atoms with van der Waals surface area (Å²) in [7, 11) is 0. The summed E-state index contributed by atoms with van der Waals surface area (Å²) < 4.78 is 5.61. The van der Waals surface area contributed by atoms with Crippen LogP contribution in [-0.2, 0) is 4.74 Å². The Hall–Kier alpha value is -1.17. The maximum absolute atomic E-state index is 6.05. The highest BCUT2D eigenvalue weighted by Gasteiger charge is 2.39. The van der Waals surface area contributed by atoms with Crippen LogP contribution < -0.4 is 4.90 Å². The Labute approximate surface area is 125 Å². The first-order valence-electron chi connectivity index (χ1n) is 6.58. The zero-order valence-corrected chi connectivity index (χ0v) is 12.1. The summed E-state index contributed by atoms with van der Waals surface area (Å²) >= 11 is 12.0. The van der Waals surface area contributed by atoms with E-state index in [1.165, 1.54) is 0 Å². The number of hydrogen-bond acceptors (Lipinski definition) is 5. The monoisotopic (exact) mass is 310 g/mol. The van der Waals surface area contributed by atoms with Gasteiger partial charge in [-0.1, -0.05) is 11.6 Å². The minimum absolute atomic E-state index is 0.202. The lowest BCUT2D eigenvalue weighted by Gasteiger charge is -2.36. The second-order valence-electron chi connectivity index (χ2n) is 5.15. The van der Waals surface area contributed by atoms with Crippen LogP contribution in [-0.4, -0.2) is 40.2 Å². The van der Waals surface area contributed by atoms with Gasteiger partial charge >= 0.3 is 0 Å². The average molecular weight is 311 g/mol. The summed E-state index contributed by atoms with van der Waals surface area (Å²) in [6, 6.07) is 4.38. The maximum atomic E-state index is 6.05. The fourth-order valence-corrected chi connectivity index (χ4v) is 3.42. The average Bonchev–Trinajstić information content (AvgIpc) is 2.66. The van der Waals surface area contributed by atoms with Crippen molar-refractivity contribution < 1.29 is 4.74 Å². The Morgan fingerprint density at radius 1 is 1.05 bits per heavy atom. The molecule has 2 aromatic rings. The second-order valence-corrected chi connectivity index (χ2v) is 5.88. The van der Waals surface area contributed by atoms with Crippen molar-refractivity contribution in [3.8, 4) is 0 Å². The summed E-state index contributed by atoms with van der Waals surface area (Å²) in [5.74, 6) is 0.847. The van der Waals surface area contributed by atoms with Crippen LogP contribution in [0.4, 0.5) is 5.82 Å². The summed E-state index contributed by atoms with van der Waals surface area (Å²) in [5, 5.41) is 1.49. The Bertz CT molecular complexity index is 659. The van der Waals surface area contributed by atoms with Crippen molar-refractivity contribution in [1.29, 1.82) is 0 Å². The van der Waals surface area contributed by atoms with Gasteiger partial charge in [0.1, 0.15) is 11.0 Å². The van der Waals surface area contributed by atoms with Crippen LogP contribution in [0, 0.1) is 0 Å². The molecule has 0 amide bonds. The van der Waals surface area contributed by atoms with Crippen molar-refractivity contribution >= 4 is 40.1 Å². The lowest BCUT2D eigenvalue weighted by atomic mass is 10.2. The number of rotatable bonds is 1. The van der Waals surface area contributed by atoms with Gasteiger partial charge < -0.3 is 9.64 Å². The van der Waals surface area contributed by atoms with Crippen LogP contribution >= 0.6 is 23.2 Å². The molecule has 2 aliphatic rings. The third-order valence-corrected chi connectivity index (χ3v) is 4.34. The van der Waals surface area contributed by atoms with Gasteiger partial charge in [-0.3, -0.25) is 0 Å². The molecule has 2 bridgehead atoms. The highest BCUT2D eigenvalue weighted by molar-refractivity contribution is 6.30. The van der Waals surface area contributed by atoms with E-state index in [1.54, 1.807) is 6.07 Å². The normalized spacial score (nSPS) is 25.4. The van der Waals surface area contributed by atoms with E-state index in [0.29, 0.717) is 22.9 Å². The second kappa shape index (κ2) is 4.69. The minimum atomic E-state index is 0.202. The highest BCUT2D eigenvalue weighted by Crippen LogP contribution is 2.36. The van der Waals surface area contributed by atoms with Crippen molar-refractivity contribution in [3.63, 3.8) is 0 Å². The number of anilines is 1. The van der Waals surface area contributed by atoms with Gasteiger partial charge in [-0.2, -0.15) is 9.97 Å². The van der Waals surface area contributed by atoms with E-state index in [4.69, 9.17) is 27.9 Å². The molecule has 0 saturated carbocycles. The van der Waals surface area contributed by atoms with Gasteiger partial charge in [-0.15, -0.1) is 0 Å². The van der Waals surface area contributed by atoms with Crippen molar-refractivity contribution in [3.05, 3.63) is 22.6 Å². The first-order valence-corrected chi connectivity index (χ1v) is 7.34. The van der Waals surface area contributed by atoms with E-state index in [0.717, 1.165) is 37.3 Å². The molecule has 2 aromatic heterocycles. The number of morpholine rings is 1. The van der Waals surface area contributed by atoms with Crippen LogP contribution in [0.2, 0.25) is 10.4 Å². The molecule has 7 heteroatoms. The molecule has 20 heavy (non-hydrogen) atoms. The van der Waals surface area contributed by atoms with Crippen molar-refractivity contribution in [2.75, 3.05) is 18.1 Å². The zero-order valence-electron chi connectivity index (χ0n) is 10.6. The molecule has 4 heterocycles. The Morgan fingerprint density at radius 2 is 1.80 bits per heavy atom. The predicted molar refractivity (Wildman–Crippen MR) is 77.5 cm³/mol. The van der Waals surface area contributed by atoms with E-state index in [2.05, 4.69) is 19.9 Å². The van der Waals surface area contributed by atoms with E-state index in [-0.39, 0.29) is 5.28 Å². The largest absolute Gasteiger partial charge is 0.377 e. The molecular weight excluding hydrogens is 299 g/mol. The number of nitrogens with zero attached hydrogens (tertiary/aromatic N) is 4. The van der Waals surface area contributed by atoms with E-state index >= 15 is 0 Å². The molecular formula is C13H12Cl2N4O. The fraction of sp³-hybridized carbons (Fsp3) is 0.462. The Morgan fingerprint density at radius 3 is 2.55 bits per heavy atom. The topological polar surface area (TPSA) is 51.1 Å². The Balaban J connectivity index is 1.91. The first-order chi connectivity index (χ1) is 9.72. The van der Waals surface area contributed by atoms with Crippen LogP contribution in [0.5, 0.6) is 0 Å². The summed E-state index contributed by atoms with van der Waals surface area (Å²) in [4.78, 5) is 15.1. The lowest BCUT2D eigenvalue weighted by Crippen LogP contribution is -2.46. The first kappa shape index (κ1) is 12.6. The lowest BCUT2D eigenvalue weighted by molar-refractivity contribution is 0.0904. The molecule has 2 fully saturated rings. The molecule has 2 atom stereocenters.